The number of fused-ring (bicyclic) bond motifs is 2. The zero-order valence-corrected chi connectivity index (χ0v) is 15.5. The number of nitrogens with one attached hydrogen (secondary N) is 1. The molecule has 1 atom stereocenters. The summed E-state index contributed by atoms with van der Waals surface area (Å²) in [6.45, 7) is 8.73. The van der Waals surface area contributed by atoms with E-state index < -0.39 is 0 Å². The monoisotopic (exact) mass is 351 g/mol. The molecule has 2 aromatic rings. The maximum atomic E-state index is 4.80. The fraction of sp³-hybridized carbons (Fsp3) is 0.571. The van der Waals surface area contributed by atoms with Crippen LogP contribution in [0.25, 0.3) is 0 Å². The summed E-state index contributed by atoms with van der Waals surface area (Å²) in [6.07, 6.45) is 3.80. The van der Waals surface area contributed by atoms with E-state index in [9.17, 15) is 0 Å². The predicted octanol–water partition coefficient (Wildman–Crippen LogP) is 1.66. The molecule has 5 heteroatoms. The van der Waals surface area contributed by atoms with Crippen molar-refractivity contribution in [2.75, 3.05) is 32.7 Å². The molecule has 26 heavy (non-hydrogen) atoms. The lowest BCUT2D eigenvalue weighted by Crippen LogP contribution is -2.51. The van der Waals surface area contributed by atoms with E-state index in [2.05, 4.69) is 50.1 Å². The van der Waals surface area contributed by atoms with Gasteiger partial charge in [-0.05, 0) is 36.5 Å². The quantitative estimate of drug-likeness (QED) is 0.913. The molecule has 1 saturated heterocycles. The summed E-state index contributed by atoms with van der Waals surface area (Å²) in [5, 5.41) is 8.23. The normalized spacial score (nSPS) is 24.2. The van der Waals surface area contributed by atoms with Crippen molar-refractivity contribution in [3.63, 3.8) is 0 Å². The zero-order valence-electron chi connectivity index (χ0n) is 15.5. The Hall–Kier alpha value is -1.69. The van der Waals surface area contributed by atoms with Crippen LogP contribution >= 0.6 is 0 Å². The van der Waals surface area contributed by atoms with E-state index in [-0.39, 0.29) is 0 Å². The van der Waals surface area contributed by atoms with Gasteiger partial charge in [-0.3, -0.25) is 14.5 Å². The number of aryl methyl sites for hydroxylation is 1. The number of aromatic nitrogens is 2. The lowest BCUT2D eigenvalue weighted by atomic mass is 9.87. The zero-order chi connectivity index (χ0) is 17.3. The molecule has 3 heterocycles. The minimum Gasteiger partial charge on any atom is -0.309 e. The minimum absolute atomic E-state index is 0.734. The first-order valence-corrected chi connectivity index (χ1v) is 10.1. The van der Waals surface area contributed by atoms with Gasteiger partial charge in [-0.25, -0.2) is 0 Å². The fourth-order valence-electron chi connectivity index (χ4n) is 4.84. The van der Waals surface area contributed by atoms with Gasteiger partial charge in [0.05, 0.1) is 17.9 Å². The van der Waals surface area contributed by atoms with Crippen LogP contribution in [0, 0.1) is 0 Å². The van der Waals surface area contributed by atoms with Crippen LogP contribution in [0.15, 0.2) is 30.3 Å². The van der Waals surface area contributed by atoms with Gasteiger partial charge in [-0.2, -0.15) is 5.10 Å². The first kappa shape index (κ1) is 16.5. The Balaban J connectivity index is 1.16. The number of hydrogen-bond acceptors (Lipinski definition) is 4. The van der Waals surface area contributed by atoms with Gasteiger partial charge in [0.15, 0.2) is 0 Å². The number of rotatable bonds is 3. The second kappa shape index (κ2) is 7.14. The average Bonchev–Trinajstić information content (AvgIpc) is 3.10. The van der Waals surface area contributed by atoms with Crippen LogP contribution in [0.1, 0.15) is 28.9 Å². The van der Waals surface area contributed by atoms with Crippen LogP contribution < -0.4 is 5.32 Å². The fourth-order valence-corrected chi connectivity index (χ4v) is 4.84. The summed E-state index contributed by atoms with van der Waals surface area (Å²) in [4.78, 5) is 5.31. The lowest BCUT2D eigenvalue weighted by Gasteiger charge is -2.41. The highest BCUT2D eigenvalue weighted by molar-refractivity contribution is 5.30. The van der Waals surface area contributed by atoms with Crippen LogP contribution in [0.2, 0.25) is 0 Å². The smallest absolute Gasteiger partial charge is 0.0768 e. The summed E-state index contributed by atoms with van der Waals surface area (Å²) in [5.41, 5.74) is 5.72. The maximum absolute atomic E-state index is 4.80. The Morgan fingerprint density at radius 3 is 2.73 bits per heavy atom. The van der Waals surface area contributed by atoms with E-state index in [1.165, 1.54) is 56.8 Å². The van der Waals surface area contributed by atoms with Crippen LogP contribution in [0.5, 0.6) is 0 Å². The van der Waals surface area contributed by atoms with Crippen LogP contribution in [-0.4, -0.2) is 58.3 Å². The molecule has 1 fully saturated rings. The number of hydrogen-bond donors (Lipinski definition) is 1. The summed E-state index contributed by atoms with van der Waals surface area (Å²) < 4.78 is 2.18. The first-order valence-electron chi connectivity index (χ1n) is 10.1. The third-order valence-corrected chi connectivity index (χ3v) is 6.35. The Morgan fingerprint density at radius 1 is 1.04 bits per heavy atom. The second-order valence-electron chi connectivity index (χ2n) is 8.00. The van der Waals surface area contributed by atoms with E-state index in [1.807, 2.05) is 0 Å². The van der Waals surface area contributed by atoms with Gasteiger partial charge in [0, 0.05) is 51.9 Å². The van der Waals surface area contributed by atoms with E-state index in [0.29, 0.717) is 0 Å². The summed E-state index contributed by atoms with van der Waals surface area (Å²) in [6, 6.07) is 12.0. The maximum Gasteiger partial charge on any atom is 0.0768 e. The molecule has 0 unspecified atom stereocenters. The van der Waals surface area contributed by atoms with Gasteiger partial charge in [-0.15, -0.1) is 0 Å². The highest BCUT2D eigenvalue weighted by atomic mass is 15.3. The average molecular weight is 351 g/mol. The molecule has 1 aromatic heterocycles. The SMILES string of the molecule is c1ccc2c(c1)CC[C@@H](N1CCN(Cc3cc4n(n3)CCNC4)CC1)C2. The summed E-state index contributed by atoms with van der Waals surface area (Å²) in [7, 11) is 0. The molecule has 0 spiro atoms. The number of piperazine rings is 1. The van der Waals surface area contributed by atoms with Crippen molar-refractivity contribution in [1.29, 1.82) is 0 Å². The van der Waals surface area contributed by atoms with E-state index >= 15 is 0 Å². The Labute approximate surface area is 156 Å². The van der Waals surface area contributed by atoms with Crippen molar-refractivity contribution < 1.29 is 0 Å². The molecule has 5 nitrogen and oxygen atoms in total. The highest BCUT2D eigenvalue weighted by Gasteiger charge is 2.27. The van der Waals surface area contributed by atoms with E-state index in [1.54, 1.807) is 11.1 Å². The second-order valence-corrected chi connectivity index (χ2v) is 8.00. The van der Waals surface area contributed by atoms with Crippen molar-refractivity contribution >= 4 is 0 Å². The van der Waals surface area contributed by atoms with Crippen LogP contribution in [0.3, 0.4) is 0 Å². The molecule has 0 saturated carbocycles. The van der Waals surface area contributed by atoms with Gasteiger partial charge in [-0.1, -0.05) is 24.3 Å². The third kappa shape index (κ3) is 3.31. The molecule has 1 aromatic carbocycles. The van der Waals surface area contributed by atoms with Crippen LogP contribution in [0.4, 0.5) is 0 Å². The summed E-state index contributed by atoms with van der Waals surface area (Å²) in [5.74, 6) is 0. The number of benzene rings is 1. The number of nitrogens with zero attached hydrogens (tertiary/aromatic N) is 4. The van der Waals surface area contributed by atoms with E-state index in [0.717, 1.165) is 32.2 Å². The molecule has 0 bridgehead atoms. The Morgan fingerprint density at radius 2 is 1.88 bits per heavy atom. The molecule has 3 aliphatic rings. The van der Waals surface area contributed by atoms with Gasteiger partial charge in [0.1, 0.15) is 0 Å². The Kier molecular flexibility index (Phi) is 4.53. The molecule has 1 N–H and O–H groups in total. The molecule has 5 rings (SSSR count). The largest absolute Gasteiger partial charge is 0.309 e. The molecule has 1 aliphatic carbocycles. The predicted molar refractivity (Wildman–Crippen MR) is 103 cm³/mol. The first-order chi connectivity index (χ1) is 12.8. The highest BCUT2D eigenvalue weighted by Crippen LogP contribution is 2.25. The minimum atomic E-state index is 0.734. The van der Waals surface area contributed by atoms with Gasteiger partial charge in [0.25, 0.3) is 0 Å². The van der Waals surface area contributed by atoms with Gasteiger partial charge in [0.2, 0.25) is 0 Å². The summed E-state index contributed by atoms with van der Waals surface area (Å²) >= 11 is 0. The molecule has 138 valence electrons. The van der Waals surface area contributed by atoms with Crippen molar-refractivity contribution in [3.8, 4) is 0 Å². The molecular formula is C21H29N5. The van der Waals surface area contributed by atoms with Gasteiger partial charge < -0.3 is 5.32 Å². The third-order valence-electron chi connectivity index (χ3n) is 6.35. The van der Waals surface area contributed by atoms with Crippen molar-refractivity contribution in [3.05, 3.63) is 52.8 Å². The molecule has 2 aliphatic heterocycles. The van der Waals surface area contributed by atoms with Crippen LogP contribution in [-0.2, 0) is 32.5 Å². The molecule has 0 radical (unpaired) electrons. The van der Waals surface area contributed by atoms with Crippen molar-refractivity contribution in [1.82, 2.24) is 24.9 Å². The lowest BCUT2D eigenvalue weighted by molar-refractivity contribution is 0.0848. The standard InChI is InChI=1S/C21H29N5/c1-2-4-18-13-20(6-5-17(18)3-1)25-11-9-24(10-12-25)16-19-14-21-15-22-7-8-26(21)23-19/h1-4,14,20,22H,5-13,15-16H2/t20-/m1/s1. The van der Waals surface area contributed by atoms with Gasteiger partial charge >= 0.3 is 0 Å². The molecule has 0 amide bonds. The van der Waals surface area contributed by atoms with Crippen molar-refractivity contribution in [2.45, 2.75) is 44.9 Å². The Bertz CT molecular complexity index is 736. The van der Waals surface area contributed by atoms with E-state index in [4.69, 9.17) is 5.10 Å². The van der Waals surface area contributed by atoms with Crippen molar-refractivity contribution in [2.24, 2.45) is 0 Å². The topological polar surface area (TPSA) is 36.3 Å². The molecular weight excluding hydrogens is 322 g/mol.